The van der Waals surface area contributed by atoms with Gasteiger partial charge in [0.2, 0.25) is 11.8 Å². The number of fused-ring (bicyclic) bond motifs is 9. The molecule has 2 amide bonds. The van der Waals surface area contributed by atoms with E-state index < -0.39 is 23.8 Å². The number of nitrogens with one attached hydrogen (secondary N) is 1. The highest BCUT2D eigenvalue weighted by atomic mass is 32.2. The molecular weight excluding hydrogens is 444 g/mol. The van der Waals surface area contributed by atoms with Gasteiger partial charge in [-0.05, 0) is 42.5 Å². The lowest BCUT2D eigenvalue weighted by molar-refractivity contribution is -0.154. The number of carboxylic acid groups (broad SMARTS) is 1. The van der Waals surface area contributed by atoms with Crippen LogP contribution in [0.4, 0.5) is 0 Å². The number of rotatable bonds is 3. The second kappa shape index (κ2) is 6.30. The van der Waals surface area contributed by atoms with E-state index in [1.165, 1.54) is 23.1 Å². The molecule has 2 saturated carbocycles. The van der Waals surface area contributed by atoms with E-state index in [2.05, 4.69) is 11.1 Å². The number of carboxylic acids is 1. The van der Waals surface area contributed by atoms with Gasteiger partial charge in [0.25, 0.3) is 0 Å². The molecule has 0 spiro atoms. The zero-order valence-corrected chi connectivity index (χ0v) is 18.3. The van der Waals surface area contributed by atoms with E-state index in [9.17, 15) is 24.3 Å². The number of aromatic nitrogens is 1. The number of carbonyl (C=O) groups excluding carboxylic acids is 2. The first-order chi connectivity index (χ1) is 14.4. The van der Waals surface area contributed by atoms with Crippen LogP contribution in [-0.4, -0.2) is 44.1 Å². The second-order valence-electron chi connectivity index (χ2n) is 8.54. The number of carbonyl (C=O) groups is 3. The molecular formula is C20H18N2O5S3. The number of thiophene rings is 1. The fourth-order valence-corrected chi connectivity index (χ4v) is 10.2. The standard InChI is InChI=1S/C20H18N2O5S3/c1-6(19(25)26)22-17(23)11-7-5-8(12(11)18(22)24)14-10(7)13(9-3-2-4-28-9)15-16(29-14)21-20(27)30-15/h2-4,6-8,10-14H,5H2,1H3,(H,21,27)(H,25,26)/t6-,7-,8-,10-,11-,12+,13+,14-/m1/s1. The van der Waals surface area contributed by atoms with Crippen LogP contribution in [0.15, 0.2) is 27.3 Å². The third kappa shape index (κ3) is 2.27. The number of nitrogens with zero attached hydrogens (tertiary/aromatic N) is 1. The number of H-pyrrole nitrogens is 1. The third-order valence-electron chi connectivity index (χ3n) is 7.35. The fraction of sp³-hybridized carbons (Fsp3) is 0.500. The van der Waals surface area contributed by atoms with Gasteiger partial charge in [-0.1, -0.05) is 17.4 Å². The van der Waals surface area contributed by atoms with Crippen molar-refractivity contribution in [3.8, 4) is 0 Å². The Kier molecular flexibility index (Phi) is 3.96. The third-order valence-corrected chi connectivity index (χ3v) is 10.9. The average Bonchev–Trinajstić information content (AvgIpc) is 3.48. The number of aliphatic carboxylic acids is 1. The number of hydrogen-bond acceptors (Lipinski definition) is 7. The van der Waals surface area contributed by atoms with Gasteiger partial charge in [0.1, 0.15) is 6.04 Å². The van der Waals surface area contributed by atoms with Crippen LogP contribution in [0.5, 0.6) is 0 Å². The Morgan fingerprint density at radius 1 is 1.23 bits per heavy atom. The SMILES string of the molecule is C[C@H](C(=O)O)N1C(=O)[C@@H]2[C@@H]3C[C@@H]([C@H]4Sc5[nH]c(=O)sc5[C@@H](c5cccs5)[C@@H]34)[C@@H]2C1=O. The molecule has 1 saturated heterocycles. The first-order valence-corrected chi connectivity index (χ1v) is 12.5. The lowest BCUT2D eigenvalue weighted by atomic mass is 9.69. The Bertz CT molecular complexity index is 1140. The molecule has 2 aliphatic carbocycles. The summed E-state index contributed by atoms with van der Waals surface area (Å²) < 4.78 is 0. The van der Waals surface area contributed by atoms with Crippen LogP contribution in [0.2, 0.25) is 0 Å². The van der Waals surface area contributed by atoms with Gasteiger partial charge in [-0.25, -0.2) is 4.79 Å². The molecule has 2 aromatic heterocycles. The lowest BCUT2D eigenvalue weighted by Gasteiger charge is -2.42. The van der Waals surface area contributed by atoms with Crippen molar-refractivity contribution in [3.63, 3.8) is 0 Å². The summed E-state index contributed by atoms with van der Waals surface area (Å²) in [4.78, 5) is 56.1. The summed E-state index contributed by atoms with van der Waals surface area (Å²) in [7, 11) is 0. The Hall–Kier alpha value is -1.91. The van der Waals surface area contributed by atoms with Gasteiger partial charge in [-0.2, -0.15) is 0 Å². The van der Waals surface area contributed by atoms with Crippen molar-refractivity contribution in [1.29, 1.82) is 0 Å². The van der Waals surface area contributed by atoms with E-state index in [1.54, 1.807) is 23.1 Å². The monoisotopic (exact) mass is 462 g/mol. The molecule has 10 heteroatoms. The van der Waals surface area contributed by atoms with Crippen molar-refractivity contribution in [2.24, 2.45) is 29.6 Å². The largest absolute Gasteiger partial charge is 0.480 e. The molecule has 2 bridgehead atoms. The molecule has 7 nitrogen and oxygen atoms in total. The maximum Gasteiger partial charge on any atom is 0.326 e. The highest BCUT2D eigenvalue weighted by molar-refractivity contribution is 8.00. The van der Waals surface area contributed by atoms with Gasteiger partial charge < -0.3 is 10.1 Å². The van der Waals surface area contributed by atoms with Crippen molar-refractivity contribution >= 4 is 52.2 Å². The predicted octanol–water partition coefficient (Wildman–Crippen LogP) is 2.44. The van der Waals surface area contributed by atoms with E-state index in [0.29, 0.717) is 0 Å². The first-order valence-electron chi connectivity index (χ1n) is 9.91. The molecule has 6 rings (SSSR count). The zero-order valence-electron chi connectivity index (χ0n) is 15.8. The molecule has 2 aromatic rings. The number of thiazole rings is 1. The summed E-state index contributed by atoms with van der Waals surface area (Å²) in [6.45, 7) is 1.40. The van der Waals surface area contributed by atoms with Crippen LogP contribution in [0.3, 0.4) is 0 Å². The quantitative estimate of drug-likeness (QED) is 0.679. The zero-order chi connectivity index (χ0) is 20.9. The number of hydrogen-bond donors (Lipinski definition) is 2. The van der Waals surface area contributed by atoms with Gasteiger partial charge in [0, 0.05) is 20.9 Å². The van der Waals surface area contributed by atoms with Crippen LogP contribution in [-0.2, 0) is 14.4 Å². The van der Waals surface area contributed by atoms with E-state index in [4.69, 9.17) is 0 Å². The Balaban J connectivity index is 1.45. The highest BCUT2D eigenvalue weighted by Gasteiger charge is 2.70. The number of aromatic amines is 1. The summed E-state index contributed by atoms with van der Waals surface area (Å²) in [5.41, 5.74) is 0. The highest BCUT2D eigenvalue weighted by Crippen LogP contribution is 2.68. The molecule has 156 valence electrons. The Morgan fingerprint density at radius 3 is 2.63 bits per heavy atom. The van der Waals surface area contributed by atoms with Gasteiger partial charge in [-0.15, -0.1) is 23.1 Å². The Morgan fingerprint density at radius 2 is 1.97 bits per heavy atom. The summed E-state index contributed by atoms with van der Waals surface area (Å²) in [5.74, 6) is -2.44. The molecule has 4 aliphatic rings. The predicted molar refractivity (Wildman–Crippen MR) is 112 cm³/mol. The summed E-state index contributed by atoms with van der Waals surface area (Å²) in [6, 6.07) is 2.94. The van der Waals surface area contributed by atoms with Crippen molar-refractivity contribution in [2.45, 2.75) is 35.6 Å². The van der Waals surface area contributed by atoms with Crippen LogP contribution in [0.25, 0.3) is 0 Å². The van der Waals surface area contributed by atoms with Gasteiger partial charge >= 0.3 is 10.8 Å². The van der Waals surface area contributed by atoms with Crippen LogP contribution in [0, 0.1) is 29.6 Å². The molecule has 0 aromatic carbocycles. The van der Waals surface area contributed by atoms with Crippen molar-refractivity contribution in [2.75, 3.05) is 0 Å². The minimum Gasteiger partial charge on any atom is -0.480 e. The molecule has 0 unspecified atom stereocenters. The van der Waals surface area contributed by atoms with Gasteiger partial charge in [-0.3, -0.25) is 19.3 Å². The summed E-state index contributed by atoms with van der Waals surface area (Å²) in [5, 5.41) is 12.4. The molecule has 4 heterocycles. The molecule has 30 heavy (non-hydrogen) atoms. The fourth-order valence-electron chi connectivity index (χ4n) is 6.32. The maximum atomic E-state index is 13.2. The van der Waals surface area contributed by atoms with Crippen molar-refractivity contribution in [3.05, 3.63) is 36.9 Å². The summed E-state index contributed by atoms with van der Waals surface area (Å²) in [6.07, 6.45) is 0.811. The van der Waals surface area contributed by atoms with E-state index in [0.717, 1.165) is 21.2 Å². The minimum absolute atomic E-state index is 0.0245. The molecule has 3 fully saturated rings. The van der Waals surface area contributed by atoms with Crippen LogP contribution in [0.1, 0.15) is 29.0 Å². The van der Waals surface area contributed by atoms with Gasteiger partial charge in [0.05, 0.1) is 16.9 Å². The van der Waals surface area contributed by atoms with E-state index in [1.807, 2.05) is 11.4 Å². The topological polar surface area (TPSA) is 108 Å². The average molecular weight is 463 g/mol. The molecule has 2 aliphatic heterocycles. The van der Waals surface area contributed by atoms with Gasteiger partial charge in [0.15, 0.2) is 0 Å². The normalized spacial score (nSPS) is 37.2. The second-order valence-corrected chi connectivity index (χ2v) is 11.7. The minimum atomic E-state index is -1.16. The number of thioether (sulfide) groups is 1. The Labute approximate surface area is 183 Å². The molecule has 2 N–H and O–H groups in total. The van der Waals surface area contributed by atoms with Crippen LogP contribution < -0.4 is 4.87 Å². The summed E-state index contributed by atoms with van der Waals surface area (Å²) >= 11 is 4.54. The number of amides is 2. The molecule has 8 atom stereocenters. The first kappa shape index (κ1) is 18.8. The van der Waals surface area contributed by atoms with E-state index >= 15 is 0 Å². The number of likely N-dealkylation sites (tertiary alicyclic amines) is 1. The van der Waals surface area contributed by atoms with Crippen molar-refractivity contribution in [1.82, 2.24) is 9.88 Å². The van der Waals surface area contributed by atoms with Crippen LogP contribution >= 0.6 is 34.4 Å². The lowest BCUT2D eigenvalue weighted by Crippen LogP contribution is -2.44. The number of imide groups is 1. The van der Waals surface area contributed by atoms with E-state index in [-0.39, 0.29) is 45.6 Å². The van der Waals surface area contributed by atoms with Crippen molar-refractivity contribution < 1.29 is 19.5 Å². The molecule has 0 radical (unpaired) electrons. The smallest absolute Gasteiger partial charge is 0.326 e. The maximum absolute atomic E-state index is 13.2.